The number of halogens is 3. The highest BCUT2D eigenvalue weighted by Crippen LogP contribution is 2.28. The second-order valence-corrected chi connectivity index (χ2v) is 3.44. The first-order valence-electron chi connectivity index (χ1n) is 4.79. The van der Waals surface area contributed by atoms with E-state index in [0.29, 0.717) is 0 Å². The lowest BCUT2D eigenvalue weighted by Crippen LogP contribution is -2.31. The molecule has 0 bridgehead atoms. The molecule has 0 radical (unpaired) electrons. The predicted molar refractivity (Wildman–Crippen MR) is 57.2 cm³/mol. The molecule has 1 N–H and O–H groups in total. The first kappa shape index (κ1) is 13.1. The maximum absolute atomic E-state index is 12.3. The van der Waals surface area contributed by atoms with E-state index in [1.807, 2.05) is 0 Å². The van der Waals surface area contributed by atoms with Gasteiger partial charge < -0.3 is 5.32 Å². The molecule has 2 nitrogen and oxygen atoms in total. The minimum atomic E-state index is -4.40. The van der Waals surface area contributed by atoms with Crippen LogP contribution in [0.15, 0.2) is 24.3 Å². The average molecular weight is 241 g/mol. The Morgan fingerprint density at radius 1 is 1.35 bits per heavy atom. The van der Waals surface area contributed by atoms with Gasteiger partial charge in [-0.1, -0.05) is 5.92 Å². The maximum atomic E-state index is 12.3. The van der Waals surface area contributed by atoms with Gasteiger partial charge in [-0.2, -0.15) is 13.2 Å². The highest BCUT2D eigenvalue weighted by Gasteiger charge is 2.30. The molecular weight excluding hydrogens is 231 g/mol. The van der Waals surface area contributed by atoms with E-state index < -0.39 is 23.7 Å². The lowest BCUT2D eigenvalue weighted by molar-refractivity contribution is -0.137. The summed E-state index contributed by atoms with van der Waals surface area (Å²) in [7, 11) is 0. The zero-order chi connectivity index (χ0) is 13.1. The van der Waals surface area contributed by atoms with Gasteiger partial charge in [-0.3, -0.25) is 4.79 Å². The van der Waals surface area contributed by atoms with Crippen molar-refractivity contribution in [2.24, 2.45) is 0 Å². The zero-order valence-electron chi connectivity index (χ0n) is 9.01. The zero-order valence-corrected chi connectivity index (χ0v) is 9.01. The monoisotopic (exact) mass is 241 g/mol. The Morgan fingerprint density at radius 2 is 1.88 bits per heavy atom. The molecule has 1 aromatic carbocycles. The van der Waals surface area contributed by atoms with Crippen molar-refractivity contribution in [1.82, 2.24) is 5.32 Å². The van der Waals surface area contributed by atoms with Crippen LogP contribution in [-0.4, -0.2) is 11.9 Å². The molecule has 1 atom stereocenters. The van der Waals surface area contributed by atoms with Crippen LogP contribution in [0.5, 0.6) is 0 Å². The summed E-state index contributed by atoms with van der Waals surface area (Å²) in [5, 5.41) is 2.45. The summed E-state index contributed by atoms with van der Waals surface area (Å²) in [4.78, 5) is 11.5. The minimum absolute atomic E-state index is 0.139. The smallest absolute Gasteiger partial charge is 0.339 e. The van der Waals surface area contributed by atoms with E-state index in [-0.39, 0.29) is 5.56 Å². The Labute approximate surface area is 96.8 Å². The highest BCUT2D eigenvalue weighted by atomic mass is 19.4. The number of carbonyl (C=O) groups is 1. The lowest BCUT2D eigenvalue weighted by Gasteiger charge is -2.09. The van der Waals surface area contributed by atoms with Crippen LogP contribution < -0.4 is 5.32 Å². The molecule has 1 aromatic rings. The third-order valence-corrected chi connectivity index (χ3v) is 2.07. The Kier molecular flexibility index (Phi) is 3.79. The van der Waals surface area contributed by atoms with Crippen LogP contribution in [0.1, 0.15) is 22.8 Å². The molecule has 0 fully saturated rings. The van der Waals surface area contributed by atoms with Crippen LogP contribution in [0, 0.1) is 12.3 Å². The Morgan fingerprint density at radius 3 is 2.29 bits per heavy atom. The number of hydrogen-bond acceptors (Lipinski definition) is 1. The quantitative estimate of drug-likeness (QED) is 0.792. The normalized spacial score (nSPS) is 12.6. The molecule has 17 heavy (non-hydrogen) atoms. The van der Waals surface area contributed by atoms with Gasteiger partial charge in [-0.05, 0) is 31.2 Å². The molecule has 5 heteroatoms. The molecule has 1 amide bonds. The van der Waals surface area contributed by atoms with Gasteiger partial charge in [-0.25, -0.2) is 0 Å². The van der Waals surface area contributed by atoms with Gasteiger partial charge in [0.15, 0.2) is 0 Å². The van der Waals surface area contributed by atoms with Gasteiger partial charge in [0.05, 0.1) is 11.6 Å². The van der Waals surface area contributed by atoms with Crippen molar-refractivity contribution >= 4 is 5.91 Å². The number of rotatable bonds is 2. The topological polar surface area (TPSA) is 29.1 Å². The summed E-state index contributed by atoms with van der Waals surface area (Å²) in [6.45, 7) is 1.60. The highest BCUT2D eigenvalue weighted by molar-refractivity contribution is 5.94. The molecule has 1 rings (SSSR count). The summed E-state index contributed by atoms with van der Waals surface area (Å²) in [5.41, 5.74) is -0.654. The fourth-order valence-corrected chi connectivity index (χ4v) is 1.13. The van der Waals surface area contributed by atoms with E-state index in [1.54, 1.807) is 6.92 Å². The Hall–Kier alpha value is -1.96. The number of nitrogens with one attached hydrogen (secondary N) is 1. The molecule has 0 saturated carbocycles. The minimum Gasteiger partial charge on any atom is -0.339 e. The maximum Gasteiger partial charge on any atom is 0.416 e. The molecule has 0 aliphatic carbocycles. The van der Waals surface area contributed by atoms with Gasteiger partial charge in [0.1, 0.15) is 0 Å². The van der Waals surface area contributed by atoms with Crippen molar-refractivity contribution in [3.05, 3.63) is 35.4 Å². The number of alkyl halides is 3. The standard InChI is InChI=1S/C12H10F3NO/c1-3-8(2)16-11(17)9-4-6-10(7-5-9)12(13,14)15/h1,4-8H,2H3,(H,16,17). The van der Waals surface area contributed by atoms with Crippen molar-refractivity contribution in [3.63, 3.8) is 0 Å². The Balaban J connectivity index is 2.82. The van der Waals surface area contributed by atoms with Crippen LogP contribution in [0.4, 0.5) is 13.2 Å². The van der Waals surface area contributed by atoms with E-state index in [0.717, 1.165) is 24.3 Å². The SMILES string of the molecule is C#CC(C)NC(=O)c1ccc(C(F)(F)F)cc1. The number of amides is 1. The van der Waals surface area contributed by atoms with Crippen molar-refractivity contribution < 1.29 is 18.0 Å². The molecule has 0 heterocycles. The first-order chi connectivity index (χ1) is 7.84. The van der Waals surface area contributed by atoms with E-state index >= 15 is 0 Å². The van der Waals surface area contributed by atoms with E-state index in [1.165, 1.54) is 0 Å². The van der Waals surface area contributed by atoms with E-state index in [9.17, 15) is 18.0 Å². The Bertz CT molecular complexity index is 442. The van der Waals surface area contributed by atoms with Crippen LogP contribution in [0.3, 0.4) is 0 Å². The predicted octanol–water partition coefficient (Wildman–Crippen LogP) is 2.46. The number of hydrogen-bond donors (Lipinski definition) is 1. The van der Waals surface area contributed by atoms with Gasteiger partial charge >= 0.3 is 6.18 Å². The summed E-state index contributed by atoms with van der Waals surface area (Å²) in [6, 6.07) is 3.47. The molecule has 1 unspecified atom stereocenters. The van der Waals surface area contributed by atoms with Crippen molar-refractivity contribution in [2.75, 3.05) is 0 Å². The van der Waals surface area contributed by atoms with Crippen LogP contribution >= 0.6 is 0 Å². The molecule has 0 aliphatic rings. The summed E-state index contributed by atoms with van der Waals surface area (Å²) < 4.78 is 36.8. The fraction of sp³-hybridized carbons (Fsp3) is 0.250. The molecule has 0 spiro atoms. The summed E-state index contributed by atoms with van der Waals surface area (Å²) >= 11 is 0. The molecule has 0 saturated heterocycles. The average Bonchev–Trinajstić information content (AvgIpc) is 2.27. The summed E-state index contributed by atoms with van der Waals surface area (Å²) in [6.07, 6.45) is 0.664. The number of terminal acetylenes is 1. The first-order valence-corrected chi connectivity index (χ1v) is 4.79. The molecule has 90 valence electrons. The number of benzene rings is 1. The molecule has 0 aromatic heterocycles. The van der Waals surface area contributed by atoms with E-state index in [2.05, 4.69) is 11.2 Å². The van der Waals surface area contributed by atoms with Crippen molar-refractivity contribution in [2.45, 2.75) is 19.1 Å². The second-order valence-electron chi connectivity index (χ2n) is 3.44. The van der Waals surface area contributed by atoms with Gasteiger partial charge in [0, 0.05) is 5.56 Å². The third-order valence-electron chi connectivity index (χ3n) is 2.07. The lowest BCUT2D eigenvalue weighted by atomic mass is 10.1. The largest absolute Gasteiger partial charge is 0.416 e. The van der Waals surface area contributed by atoms with E-state index in [4.69, 9.17) is 6.42 Å². The van der Waals surface area contributed by atoms with Crippen LogP contribution in [0.2, 0.25) is 0 Å². The van der Waals surface area contributed by atoms with Crippen molar-refractivity contribution in [3.8, 4) is 12.3 Å². The van der Waals surface area contributed by atoms with Gasteiger partial charge in [0.2, 0.25) is 0 Å². The van der Waals surface area contributed by atoms with Gasteiger partial charge in [-0.15, -0.1) is 6.42 Å². The van der Waals surface area contributed by atoms with Crippen LogP contribution in [0.25, 0.3) is 0 Å². The summed E-state index contributed by atoms with van der Waals surface area (Å²) in [5.74, 6) is 1.79. The second kappa shape index (κ2) is 4.91. The van der Waals surface area contributed by atoms with Crippen molar-refractivity contribution in [1.29, 1.82) is 0 Å². The fourth-order valence-electron chi connectivity index (χ4n) is 1.13. The van der Waals surface area contributed by atoms with Gasteiger partial charge in [0.25, 0.3) is 5.91 Å². The third kappa shape index (κ3) is 3.52. The van der Waals surface area contributed by atoms with Crippen LogP contribution in [-0.2, 0) is 6.18 Å². The molecular formula is C12H10F3NO. The number of carbonyl (C=O) groups excluding carboxylic acids is 1. The molecule has 0 aliphatic heterocycles.